The van der Waals surface area contributed by atoms with Gasteiger partial charge in [-0.3, -0.25) is 14.3 Å². The number of anilines is 1. The van der Waals surface area contributed by atoms with Gasteiger partial charge in [-0.05, 0) is 55.0 Å². The van der Waals surface area contributed by atoms with E-state index in [2.05, 4.69) is 15.4 Å². The lowest BCUT2D eigenvalue weighted by molar-refractivity contribution is -0.137. The number of nitriles is 1. The van der Waals surface area contributed by atoms with E-state index in [0.29, 0.717) is 11.8 Å². The Morgan fingerprint density at radius 3 is 2.64 bits per heavy atom. The SMILES string of the molecule is Cc1ccc(NC(=O)c2cc(C#N)cc(C(F)(F)F)c2)cc1-n1ccn2nc(-c3cccnc3)cc12. The minimum atomic E-state index is -4.68. The summed E-state index contributed by atoms with van der Waals surface area (Å²) in [5, 5.41) is 16.3. The number of hydrogen-bond donors (Lipinski definition) is 1. The standard InChI is InChI=1S/C26H17F3N6O/c1-16-4-5-21(32-25(36)19-9-17(14-30)10-20(11-19)26(27,28)29)12-23(16)34-7-8-35-24(34)13-22(33-35)18-3-2-6-31-15-18/h2-13,15H,1H3,(H,32,36). The van der Waals surface area contributed by atoms with Crippen molar-refractivity contribution in [3.05, 3.63) is 102 Å². The molecule has 0 atom stereocenters. The number of alkyl halides is 3. The summed E-state index contributed by atoms with van der Waals surface area (Å²) >= 11 is 0. The third-order valence-electron chi connectivity index (χ3n) is 5.66. The van der Waals surface area contributed by atoms with E-state index in [1.165, 1.54) is 0 Å². The highest BCUT2D eigenvalue weighted by Crippen LogP contribution is 2.31. The molecule has 1 amide bonds. The van der Waals surface area contributed by atoms with Gasteiger partial charge in [-0.1, -0.05) is 6.07 Å². The number of rotatable bonds is 4. The summed E-state index contributed by atoms with van der Waals surface area (Å²) in [7, 11) is 0. The van der Waals surface area contributed by atoms with Crippen LogP contribution < -0.4 is 5.32 Å². The highest BCUT2D eigenvalue weighted by molar-refractivity contribution is 6.04. The summed E-state index contributed by atoms with van der Waals surface area (Å²) in [6.45, 7) is 1.90. The first-order valence-corrected chi connectivity index (χ1v) is 10.7. The van der Waals surface area contributed by atoms with Crippen molar-refractivity contribution in [3.8, 4) is 23.0 Å². The second-order valence-electron chi connectivity index (χ2n) is 8.11. The average molecular weight is 486 g/mol. The minimum Gasteiger partial charge on any atom is -0.322 e. The summed E-state index contributed by atoms with van der Waals surface area (Å²) < 4.78 is 43.3. The van der Waals surface area contributed by atoms with Crippen LogP contribution in [0.5, 0.6) is 0 Å². The lowest BCUT2D eigenvalue weighted by atomic mass is 10.0. The lowest BCUT2D eigenvalue weighted by Gasteiger charge is -2.13. The summed E-state index contributed by atoms with van der Waals surface area (Å²) in [6.07, 6.45) is 2.35. The zero-order chi connectivity index (χ0) is 25.4. The van der Waals surface area contributed by atoms with Crippen molar-refractivity contribution in [3.63, 3.8) is 0 Å². The molecule has 0 spiro atoms. The maximum Gasteiger partial charge on any atom is 0.416 e. The Hall–Kier alpha value is -4.91. The Kier molecular flexibility index (Phi) is 5.53. The monoisotopic (exact) mass is 486 g/mol. The maximum atomic E-state index is 13.2. The van der Waals surface area contributed by atoms with Crippen LogP contribution in [0.15, 0.2) is 79.4 Å². The fourth-order valence-electron chi connectivity index (χ4n) is 3.88. The Morgan fingerprint density at radius 2 is 1.92 bits per heavy atom. The first-order chi connectivity index (χ1) is 17.2. The number of benzene rings is 2. The molecule has 5 aromatic rings. The molecule has 0 saturated carbocycles. The number of imidazole rings is 1. The van der Waals surface area contributed by atoms with Gasteiger partial charge in [0.1, 0.15) is 5.65 Å². The fourth-order valence-corrected chi connectivity index (χ4v) is 3.88. The molecule has 3 aromatic heterocycles. The topological polar surface area (TPSA) is 88.0 Å². The van der Waals surface area contributed by atoms with Gasteiger partial charge in [-0.15, -0.1) is 0 Å². The number of carbonyl (C=O) groups is 1. The van der Waals surface area contributed by atoms with Crippen LogP contribution >= 0.6 is 0 Å². The van der Waals surface area contributed by atoms with Gasteiger partial charge in [0, 0.05) is 47.7 Å². The van der Waals surface area contributed by atoms with Crippen LogP contribution in [0.4, 0.5) is 18.9 Å². The lowest BCUT2D eigenvalue weighted by Crippen LogP contribution is -2.15. The van der Waals surface area contributed by atoms with Gasteiger partial charge < -0.3 is 5.32 Å². The predicted octanol–water partition coefficient (Wildman–Crippen LogP) is 5.64. The van der Waals surface area contributed by atoms with E-state index in [0.717, 1.165) is 40.3 Å². The summed E-state index contributed by atoms with van der Waals surface area (Å²) in [5.74, 6) is -0.756. The molecule has 2 aromatic carbocycles. The van der Waals surface area contributed by atoms with E-state index in [-0.39, 0.29) is 11.1 Å². The average Bonchev–Trinajstić information content (AvgIpc) is 3.46. The van der Waals surface area contributed by atoms with Crippen LogP contribution in [0.2, 0.25) is 0 Å². The molecule has 1 N–H and O–H groups in total. The Labute approximate surface area is 203 Å². The summed E-state index contributed by atoms with van der Waals surface area (Å²) in [6, 6.07) is 15.1. The molecule has 3 heterocycles. The molecule has 36 heavy (non-hydrogen) atoms. The molecule has 0 aliphatic carbocycles. The van der Waals surface area contributed by atoms with E-state index in [9.17, 15) is 18.0 Å². The molecule has 0 radical (unpaired) electrons. The second kappa shape index (κ2) is 8.70. The first-order valence-electron chi connectivity index (χ1n) is 10.7. The highest BCUT2D eigenvalue weighted by atomic mass is 19.4. The molecular weight excluding hydrogens is 469 g/mol. The van der Waals surface area contributed by atoms with Gasteiger partial charge in [0.15, 0.2) is 0 Å². The number of aryl methyl sites for hydroxylation is 1. The number of halogens is 3. The normalized spacial score (nSPS) is 11.4. The van der Waals surface area contributed by atoms with Crippen molar-refractivity contribution in [2.75, 3.05) is 5.32 Å². The van der Waals surface area contributed by atoms with E-state index in [1.54, 1.807) is 47.4 Å². The van der Waals surface area contributed by atoms with E-state index < -0.39 is 17.6 Å². The zero-order valence-corrected chi connectivity index (χ0v) is 18.8. The number of amides is 1. The smallest absolute Gasteiger partial charge is 0.322 e. The van der Waals surface area contributed by atoms with Gasteiger partial charge in [0.2, 0.25) is 0 Å². The predicted molar refractivity (Wildman–Crippen MR) is 127 cm³/mol. The Balaban J connectivity index is 1.48. The van der Waals surface area contributed by atoms with Crippen molar-refractivity contribution >= 4 is 17.2 Å². The quantitative estimate of drug-likeness (QED) is 0.356. The molecule has 0 aliphatic rings. The third kappa shape index (κ3) is 4.30. The fraction of sp³-hybridized carbons (Fsp3) is 0.0769. The van der Waals surface area contributed by atoms with E-state index in [1.807, 2.05) is 35.9 Å². The molecular formula is C26H17F3N6O. The van der Waals surface area contributed by atoms with Crippen LogP contribution in [0.1, 0.15) is 27.0 Å². The van der Waals surface area contributed by atoms with Crippen LogP contribution in [-0.2, 0) is 6.18 Å². The Morgan fingerprint density at radius 1 is 1.08 bits per heavy atom. The van der Waals surface area contributed by atoms with Gasteiger partial charge in [0.05, 0.1) is 28.6 Å². The van der Waals surface area contributed by atoms with Crippen molar-refractivity contribution in [1.82, 2.24) is 19.2 Å². The van der Waals surface area contributed by atoms with Crippen molar-refractivity contribution in [1.29, 1.82) is 5.26 Å². The molecule has 0 bridgehead atoms. The molecule has 0 saturated heterocycles. The number of nitrogens with one attached hydrogen (secondary N) is 1. The Bertz CT molecular complexity index is 1640. The van der Waals surface area contributed by atoms with Crippen molar-refractivity contribution in [2.45, 2.75) is 13.1 Å². The number of carbonyl (C=O) groups excluding carboxylic acids is 1. The van der Waals surface area contributed by atoms with Crippen LogP contribution in [0.25, 0.3) is 22.6 Å². The molecule has 10 heteroatoms. The largest absolute Gasteiger partial charge is 0.416 e. The maximum absolute atomic E-state index is 13.2. The first kappa shape index (κ1) is 22.9. The van der Waals surface area contributed by atoms with Crippen LogP contribution in [0, 0.1) is 18.3 Å². The van der Waals surface area contributed by atoms with Crippen LogP contribution in [0.3, 0.4) is 0 Å². The number of fused-ring (bicyclic) bond motifs is 1. The molecule has 0 unspecified atom stereocenters. The number of pyridine rings is 1. The molecule has 0 aliphatic heterocycles. The van der Waals surface area contributed by atoms with E-state index >= 15 is 0 Å². The number of aromatic nitrogens is 4. The molecule has 178 valence electrons. The minimum absolute atomic E-state index is 0.251. The molecule has 0 fully saturated rings. The highest BCUT2D eigenvalue weighted by Gasteiger charge is 2.32. The van der Waals surface area contributed by atoms with E-state index in [4.69, 9.17) is 5.26 Å². The van der Waals surface area contributed by atoms with Crippen LogP contribution in [-0.4, -0.2) is 25.1 Å². The number of nitrogens with zero attached hydrogens (tertiary/aromatic N) is 5. The number of hydrogen-bond acceptors (Lipinski definition) is 4. The van der Waals surface area contributed by atoms with Gasteiger partial charge in [-0.25, -0.2) is 4.52 Å². The van der Waals surface area contributed by atoms with Crippen molar-refractivity contribution in [2.24, 2.45) is 0 Å². The molecule has 5 rings (SSSR count). The van der Waals surface area contributed by atoms with Crippen molar-refractivity contribution < 1.29 is 18.0 Å². The second-order valence-corrected chi connectivity index (χ2v) is 8.11. The van der Waals surface area contributed by atoms with Gasteiger partial charge in [-0.2, -0.15) is 23.5 Å². The summed E-state index contributed by atoms with van der Waals surface area (Å²) in [5.41, 5.74) is 2.85. The third-order valence-corrected chi connectivity index (χ3v) is 5.66. The molecule has 7 nitrogen and oxygen atoms in total. The summed E-state index contributed by atoms with van der Waals surface area (Å²) in [4.78, 5) is 16.9. The van der Waals surface area contributed by atoms with Gasteiger partial charge in [0.25, 0.3) is 5.91 Å². The van der Waals surface area contributed by atoms with Gasteiger partial charge >= 0.3 is 6.18 Å². The zero-order valence-electron chi connectivity index (χ0n) is 18.8.